The molecule has 0 fully saturated rings. The van der Waals surface area contributed by atoms with Crippen LogP contribution in [0.4, 0.5) is 0 Å². The summed E-state index contributed by atoms with van der Waals surface area (Å²) < 4.78 is 7.28. The molecule has 1 unspecified atom stereocenters. The monoisotopic (exact) mass is 331 g/mol. The van der Waals surface area contributed by atoms with Crippen LogP contribution in [0, 0.1) is 13.8 Å². The third kappa shape index (κ3) is 4.88. The first kappa shape index (κ1) is 18.1. The molecule has 1 atom stereocenters. The smallest absolute Gasteiger partial charge is 0.191 e. The Labute approximate surface area is 144 Å². The first-order valence-corrected chi connectivity index (χ1v) is 8.57. The summed E-state index contributed by atoms with van der Waals surface area (Å²) in [6, 6.07) is 4.27. The lowest BCUT2D eigenvalue weighted by molar-refractivity contribution is 0.506. The van der Waals surface area contributed by atoms with Gasteiger partial charge in [-0.1, -0.05) is 6.92 Å². The quantitative estimate of drug-likeness (QED) is 0.605. The molecule has 132 valence electrons. The van der Waals surface area contributed by atoms with Crippen molar-refractivity contribution >= 4 is 5.96 Å². The second kappa shape index (κ2) is 8.57. The Morgan fingerprint density at radius 1 is 1.42 bits per heavy atom. The van der Waals surface area contributed by atoms with Gasteiger partial charge >= 0.3 is 0 Å². The van der Waals surface area contributed by atoms with Gasteiger partial charge in [-0.3, -0.25) is 4.68 Å². The summed E-state index contributed by atoms with van der Waals surface area (Å²) in [5, 5.41) is 11.3. The number of hydrogen-bond acceptors (Lipinski definition) is 3. The molecular weight excluding hydrogens is 302 g/mol. The van der Waals surface area contributed by atoms with E-state index in [1.807, 2.05) is 30.8 Å². The Morgan fingerprint density at radius 2 is 2.21 bits per heavy atom. The molecule has 0 spiro atoms. The second-order valence-corrected chi connectivity index (χ2v) is 6.15. The Morgan fingerprint density at radius 3 is 2.79 bits per heavy atom. The predicted molar refractivity (Wildman–Crippen MR) is 97.1 cm³/mol. The number of aryl methyl sites for hydroxylation is 2. The van der Waals surface area contributed by atoms with Gasteiger partial charge in [-0.15, -0.1) is 0 Å². The number of furan rings is 1. The molecule has 6 nitrogen and oxygen atoms in total. The van der Waals surface area contributed by atoms with Crippen LogP contribution in [-0.4, -0.2) is 28.3 Å². The molecule has 0 amide bonds. The Bertz CT molecular complexity index is 657. The van der Waals surface area contributed by atoms with Crippen molar-refractivity contribution in [3.63, 3.8) is 0 Å². The maximum atomic E-state index is 5.37. The van der Waals surface area contributed by atoms with E-state index in [9.17, 15) is 0 Å². The van der Waals surface area contributed by atoms with E-state index in [1.165, 1.54) is 5.56 Å². The van der Waals surface area contributed by atoms with Gasteiger partial charge in [-0.25, -0.2) is 4.99 Å². The molecule has 2 aromatic heterocycles. The molecule has 24 heavy (non-hydrogen) atoms. The molecule has 0 aliphatic carbocycles. The fourth-order valence-electron chi connectivity index (χ4n) is 2.45. The molecule has 2 N–H and O–H groups in total. The Kier molecular flexibility index (Phi) is 6.46. The molecule has 0 saturated carbocycles. The number of hydrogen-bond donors (Lipinski definition) is 2. The van der Waals surface area contributed by atoms with Gasteiger partial charge in [0.1, 0.15) is 5.76 Å². The Hall–Kier alpha value is -2.24. The summed E-state index contributed by atoms with van der Waals surface area (Å²) in [4.78, 5) is 4.75. The maximum Gasteiger partial charge on any atom is 0.191 e. The highest BCUT2D eigenvalue weighted by Crippen LogP contribution is 2.12. The number of rotatable bonds is 7. The van der Waals surface area contributed by atoms with Gasteiger partial charge < -0.3 is 15.1 Å². The summed E-state index contributed by atoms with van der Waals surface area (Å²) in [6.07, 6.45) is 3.58. The van der Waals surface area contributed by atoms with E-state index in [4.69, 9.17) is 9.41 Å². The number of nitrogens with zero attached hydrogens (tertiary/aromatic N) is 3. The van der Waals surface area contributed by atoms with Crippen molar-refractivity contribution in [2.24, 2.45) is 12.0 Å². The van der Waals surface area contributed by atoms with Crippen LogP contribution in [0.5, 0.6) is 0 Å². The molecule has 2 heterocycles. The van der Waals surface area contributed by atoms with E-state index in [1.54, 1.807) is 6.26 Å². The normalized spacial score (nSPS) is 13.1. The highest BCUT2D eigenvalue weighted by molar-refractivity contribution is 5.80. The standard InChI is InChI=1S/C18H29N5O/c1-6-13(2)21-18(19-10-9-16-8-7-11-24-16)20-12-17-14(3)22-23(5)15(17)4/h7-8,11,13H,6,9-10,12H2,1-5H3,(H2,19,20,21). The van der Waals surface area contributed by atoms with Crippen molar-refractivity contribution in [2.45, 2.75) is 53.1 Å². The minimum Gasteiger partial charge on any atom is -0.469 e. The Balaban J connectivity index is 2.00. The first-order valence-electron chi connectivity index (χ1n) is 8.57. The van der Waals surface area contributed by atoms with E-state index in [-0.39, 0.29) is 0 Å². The fraction of sp³-hybridized carbons (Fsp3) is 0.556. The van der Waals surface area contributed by atoms with Crippen molar-refractivity contribution < 1.29 is 4.42 Å². The zero-order valence-electron chi connectivity index (χ0n) is 15.4. The largest absolute Gasteiger partial charge is 0.469 e. The van der Waals surface area contributed by atoms with Gasteiger partial charge in [-0.2, -0.15) is 5.10 Å². The van der Waals surface area contributed by atoms with E-state index in [0.717, 1.165) is 42.5 Å². The van der Waals surface area contributed by atoms with E-state index in [0.29, 0.717) is 12.6 Å². The van der Waals surface area contributed by atoms with Gasteiger partial charge in [0, 0.05) is 37.3 Å². The third-order valence-electron chi connectivity index (χ3n) is 4.29. The molecule has 0 bridgehead atoms. The van der Waals surface area contributed by atoms with Crippen LogP contribution in [0.2, 0.25) is 0 Å². The van der Waals surface area contributed by atoms with Crippen LogP contribution in [0.25, 0.3) is 0 Å². The maximum absolute atomic E-state index is 5.37. The van der Waals surface area contributed by atoms with Crippen molar-refractivity contribution in [1.82, 2.24) is 20.4 Å². The summed E-state index contributed by atoms with van der Waals surface area (Å²) in [6.45, 7) is 9.83. The average molecular weight is 331 g/mol. The lowest BCUT2D eigenvalue weighted by Gasteiger charge is -2.17. The van der Waals surface area contributed by atoms with Crippen LogP contribution >= 0.6 is 0 Å². The van der Waals surface area contributed by atoms with E-state index in [2.05, 4.69) is 36.5 Å². The van der Waals surface area contributed by atoms with Crippen LogP contribution in [0.3, 0.4) is 0 Å². The minimum absolute atomic E-state index is 0.371. The van der Waals surface area contributed by atoms with Gasteiger partial charge in [0.25, 0.3) is 0 Å². The average Bonchev–Trinajstić information content (AvgIpc) is 3.14. The van der Waals surface area contributed by atoms with Gasteiger partial charge in [-0.05, 0) is 39.3 Å². The van der Waals surface area contributed by atoms with Gasteiger partial charge in [0.05, 0.1) is 18.5 Å². The molecule has 6 heteroatoms. The molecule has 2 aromatic rings. The topological polar surface area (TPSA) is 67.4 Å². The summed E-state index contributed by atoms with van der Waals surface area (Å²) in [7, 11) is 1.97. The van der Waals surface area contributed by atoms with Gasteiger partial charge in [0.15, 0.2) is 5.96 Å². The summed E-state index contributed by atoms with van der Waals surface area (Å²) in [5.41, 5.74) is 3.39. The van der Waals surface area contributed by atoms with Gasteiger partial charge in [0.2, 0.25) is 0 Å². The zero-order chi connectivity index (χ0) is 17.5. The van der Waals surface area contributed by atoms with Crippen LogP contribution in [0.15, 0.2) is 27.8 Å². The SMILES string of the molecule is CCC(C)NC(=NCc1c(C)nn(C)c1C)NCCc1ccco1. The molecule has 0 radical (unpaired) electrons. The summed E-state index contributed by atoms with van der Waals surface area (Å²) >= 11 is 0. The highest BCUT2D eigenvalue weighted by Gasteiger charge is 2.10. The van der Waals surface area contributed by atoms with E-state index < -0.39 is 0 Å². The molecular formula is C18H29N5O. The first-order chi connectivity index (χ1) is 11.5. The lowest BCUT2D eigenvalue weighted by atomic mass is 10.2. The lowest BCUT2D eigenvalue weighted by Crippen LogP contribution is -2.42. The summed E-state index contributed by atoms with van der Waals surface area (Å²) in [5.74, 6) is 1.81. The van der Waals surface area contributed by atoms with Crippen LogP contribution < -0.4 is 10.6 Å². The van der Waals surface area contributed by atoms with Crippen molar-refractivity contribution in [2.75, 3.05) is 6.54 Å². The molecule has 0 aliphatic rings. The zero-order valence-corrected chi connectivity index (χ0v) is 15.4. The van der Waals surface area contributed by atoms with Crippen LogP contribution in [-0.2, 0) is 20.0 Å². The highest BCUT2D eigenvalue weighted by atomic mass is 16.3. The van der Waals surface area contributed by atoms with E-state index >= 15 is 0 Å². The van der Waals surface area contributed by atoms with Crippen molar-refractivity contribution in [1.29, 1.82) is 0 Å². The predicted octanol–water partition coefficient (Wildman–Crippen LogP) is 2.71. The number of nitrogens with one attached hydrogen (secondary N) is 2. The second-order valence-electron chi connectivity index (χ2n) is 6.15. The van der Waals surface area contributed by atoms with Crippen molar-refractivity contribution in [3.05, 3.63) is 41.1 Å². The number of guanidine groups is 1. The number of aliphatic imine (C=N–C) groups is 1. The molecule has 2 rings (SSSR count). The molecule has 0 saturated heterocycles. The van der Waals surface area contributed by atoms with Crippen molar-refractivity contribution in [3.8, 4) is 0 Å². The van der Waals surface area contributed by atoms with Crippen LogP contribution in [0.1, 0.15) is 43.0 Å². The molecule has 0 aliphatic heterocycles. The fourth-order valence-corrected chi connectivity index (χ4v) is 2.45. The third-order valence-corrected chi connectivity index (χ3v) is 4.29. The number of aromatic nitrogens is 2. The minimum atomic E-state index is 0.371. The molecule has 0 aromatic carbocycles.